The fourth-order valence-corrected chi connectivity index (χ4v) is 1.71. The quantitative estimate of drug-likeness (QED) is 0.670. The summed E-state index contributed by atoms with van der Waals surface area (Å²) < 4.78 is 51.4. The lowest BCUT2D eigenvalue weighted by Gasteiger charge is -2.14. The van der Waals surface area contributed by atoms with Crippen LogP contribution < -0.4 is 0 Å². The Morgan fingerprint density at radius 1 is 1.11 bits per heavy atom. The van der Waals surface area contributed by atoms with Crippen molar-refractivity contribution in [1.29, 1.82) is 0 Å². The van der Waals surface area contributed by atoms with Gasteiger partial charge in [-0.1, -0.05) is 6.07 Å². The monoisotopic (exact) mass is 271 g/mol. The van der Waals surface area contributed by atoms with Gasteiger partial charge in [0.05, 0.1) is 12.2 Å². The van der Waals surface area contributed by atoms with Gasteiger partial charge in [-0.3, -0.25) is 0 Å². The third-order valence-corrected chi connectivity index (χ3v) is 2.61. The van der Waals surface area contributed by atoms with Gasteiger partial charge >= 0.3 is 6.18 Å². The van der Waals surface area contributed by atoms with Gasteiger partial charge in [-0.25, -0.2) is 4.98 Å². The van der Waals surface area contributed by atoms with E-state index < -0.39 is 17.7 Å². The summed E-state index contributed by atoms with van der Waals surface area (Å²) in [7, 11) is 0. The van der Waals surface area contributed by atoms with Crippen molar-refractivity contribution in [3.8, 4) is 11.1 Å². The Bertz CT molecular complexity index is 578. The van der Waals surface area contributed by atoms with Gasteiger partial charge in [-0.05, 0) is 35.4 Å². The highest BCUT2D eigenvalue weighted by molar-refractivity contribution is 5.68. The number of halogens is 4. The second-order valence-corrected chi connectivity index (χ2v) is 3.91. The Morgan fingerprint density at radius 3 is 2.37 bits per heavy atom. The van der Waals surface area contributed by atoms with E-state index in [1.165, 1.54) is 18.2 Å². The number of aliphatic hydroxyl groups is 1. The topological polar surface area (TPSA) is 33.1 Å². The maximum absolute atomic E-state index is 12.9. The first-order valence-corrected chi connectivity index (χ1v) is 5.34. The molecule has 6 heteroatoms. The number of aromatic nitrogens is 1. The molecule has 0 radical (unpaired) electrons. The van der Waals surface area contributed by atoms with E-state index >= 15 is 0 Å². The van der Waals surface area contributed by atoms with Crippen LogP contribution in [0.15, 0.2) is 36.5 Å². The molecule has 1 heterocycles. The summed E-state index contributed by atoms with van der Waals surface area (Å²) in [6.45, 7) is -0.375. The summed E-state index contributed by atoms with van der Waals surface area (Å²) in [5.74, 6) is -0.768. The molecule has 1 N–H and O–H groups in total. The zero-order chi connectivity index (χ0) is 14.0. The van der Waals surface area contributed by atoms with E-state index in [9.17, 15) is 17.6 Å². The minimum Gasteiger partial charge on any atom is -0.392 e. The molecule has 0 amide bonds. The molecular weight excluding hydrogens is 262 g/mol. The molecule has 0 aliphatic heterocycles. The van der Waals surface area contributed by atoms with Gasteiger partial charge < -0.3 is 5.11 Å². The third-order valence-electron chi connectivity index (χ3n) is 2.61. The molecule has 2 aromatic rings. The number of pyridine rings is 1. The van der Waals surface area contributed by atoms with E-state index in [0.29, 0.717) is 5.56 Å². The molecule has 2 rings (SSSR count). The summed E-state index contributed by atoms with van der Waals surface area (Å²) in [4.78, 5) is 3.34. The fraction of sp³-hybridized carbons (Fsp3) is 0.154. The molecule has 0 bridgehead atoms. The number of hydrogen-bond acceptors (Lipinski definition) is 2. The van der Waals surface area contributed by atoms with E-state index in [-0.39, 0.29) is 17.7 Å². The van der Waals surface area contributed by atoms with Gasteiger partial charge in [-0.15, -0.1) is 0 Å². The number of rotatable bonds is 2. The predicted octanol–water partition coefficient (Wildman–Crippen LogP) is 3.40. The maximum atomic E-state index is 12.9. The van der Waals surface area contributed by atoms with Crippen LogP contribution in [0.5, 0.6) is 0 Å². The van der Waals surface area contributed by atoms with E-state index in [1.54, 1.807) is 0 Å². The number of nitrogens with zero attached hydrogens (tertiary/aromatic N) is 1. The van der Waals surface area contributed by atoms with Crippen LogP contribution in [0, 0.1) is 5.95 Å². The van der Waals surface area contributed by atoms with Crippen molar-refractivity contribution < 1.29 is 22.7 Å². The first kappa shape index (κ1) is 13.5. The van der Waals surface area contributed by atoms with Crippen LogP contribution in [0.4, 0.5) is 17.6 Å². The van der Waals surface area contributed by atoms with Crippen molar-refractivity contribution in [3.05, 3.63) is 53.6 Å². The number of aliphatic hydroxyl groups excluding tert-OH is 1. The second kappa shape index (κ2) is 4.97. The van der Waals surface area contributed by atoms with Gasteiger partial charge in [0.25, 0.3) is 0 Å². The van der Waals surface area contributed by atoms with Crippen LogP contribution in [-0.4, -0.2) is 10.1 Å². The van der Waals surface area contributed by atoms with Crippen LogP contribution in [0.2, 0.25) is 0 Å². The second-order valence-electron chi connectivity index (χ2n) is 3.91. The standard InChI is InChI=1S/C13H9F4NO/c14-12-4-2-9(6-18-12)10-5-8(7-19)1-3-11(10)13(15,16)17/h1-6,19H,7H2. The van der Waals surface area contributed by atoms with E-state index in [0.717, 1.165) is 18.3 Å². The molecule has 0 aliphatic rings. The fourth-order valence-electron chi connectivity index (χ4n) is 1.71. The smallest absolute Gasteiger partial charge is 0.392 e. The largest absolute Gasteiger partial charge is 0.417 e. The van der Waals surface area contributed by atoms with Crippen molar-refractivity contribution in [1.82, 2.24) is 4.98 Å². The van der Waals surface area contributed by atoms with Crippen molar-refractivity contribution in [2.24, 2.45) is 0 Å². The van der Waals surface area contributed by atoms with Gasteiger partial charge in [0, 0.05) is 11.8 Å². The van der Waals surface area contributed by atoms with E-state index in [4.69, 9.17) is 5.11 Å². The van der Waals surface area contributed by atoms with Crippen LogP contribution >= 0.6 is 0 Å². The molecule has 0 aliphatic carbocycles. The lowest BCUT2D eigenvalue weighted by molar-refractivity contribution is -0.137. The highest BCUT2D eigenvalue weighted by Gasteiger charge is 2.33. The summed E-state index contributed by atoms with van der Waals surface area (Å²) in [5.41, 5.74) is -0.499. The lowest BCUT2D eigenvalue weighted by atomic mass is 9.98. The van der Waals surface area contributed by atoms with Crippen LogP contribution in [0.25, 0.3) is 11.1 Å². The normalized spacial score (nSPS) is 11.6. The third kappa shape index (κ3) is 2.90. The summed E-state index contributed by atoms with van der Waals surface area (Å²) in [5, 5.41) is 8.99. The number of alkyl halides is 3. The number of hydrogen-bond donors (Lipinski definition) is 1. The minimum absolute atomic E-state index is 0.133. The Labute approximate surface area is 106 Å². The molecule has 0 unspecified atom stereocenters. The van der Waals surface area contributed by atoms with Crippen LogP contribution in [0.3, 0.4) is 0 Å². The minimum atomic E-state index is -4.53. The lowest BCUT2D eigenvalue weighted by Crippen LogP contribution is -2.08. The molecule has 1 aromatic heterocycles. The molecule has 0 atom stereocenters. The van der Waals surface area contributed by atoms with Gasteiger partial charge in [0.15, 0.2) is 0 Å². The summed E-state index contributed by atoms with van der Waals surface area (Å²) in [6.07, 6.45) is -3.50. The number of benzene rings is 1. The van der Waals surface area contributed by atoms with Gasteiger partial charge in [-0.2, -0.15) is 17.6 Å². The highest BCUT2D eigenvalue weighted by Crippen LogP contribution is 2.37. The highest BCUT2D eigenvalue weighted by atomic mass is 19.4. The average molecular weight is 271 g/mol. The zero-order valence-electron chi connectivity index (χ0n) is 9.58. The Morgan fingerprint density at radius 2 is 1.84 bits per heavy atom. The summed E-state index contributed by atoms with van der Waals surface area (Å²) >= 11 is 0. The summed E-state index contributed by atoms with van der Waals surface area (Å²) in [6, 6.07) is 5.51. The van der Waals surface area contributed by atoms with Gasteiger partial charge in [0.2, 0.25) is 5.95 Å². The molecule has 1 aromatic carbocycles. The average Bonchev–Trinajstić information content (AvgIpc) is 2.38. The van der Waals surface area contributed by atoms with Crippen molar-refractivity contribution in [2.75, 3.05) is 0 Å². The molecule has 2 nitrogen and oxygen atoms in total. The van der Waals surface area contributed by atoms with Crippen molar-refractivity contribution in [3.63, 3.8) is 0 Å². The molecule has 19 heavy (non-hydrogen) atoms. The van der Waals surface area contributed by atoms with Crippen LogP contribution in [-0.2, 0) is 12.8 Å². The van der Waals surface area contributed by atoms with Crippen molar-refractivity contribution >= 4 is 0 Å². The Balaban J connectivity index is 2.61. The van der Waals surface area contributed by atoms with Gasteiger partial charge in [0.1, 0.15) is 0 Å². The first-order chi connectivity index (χ1) is 8.91. The first-order valence-electron chi connectivity index (χ1n) is 5.34. The Hall–Kier alpha value is -1.95. The molecule has 0 saturated heterocycles. The van der Waals surface area contributed by atoms with Crippen LogP contribution in [0.1, 0.15) is 11.1 Å². The van der Waals surface area contributed by atoms with Crippen molar-refractivity contribution in [2.45, 2.75) is 12.8 Å². The predicted molar refractivity (Wildman–Crippen MR) is 60.6 cm³/mol. The SMILES string of the molecule is OCc1ccc(C(F)(F)F)c(-c2ccc(F)nc2)c1. The molecule has 0 fully saturated rings. The molecule has 100 valence electrons. The Kier molecular flexibility index (Phi) is 3.53. The molecule has 0 spiro atoms. The van der Waals surface area contributed by atoms with E-state index in [2.05, 4.69) is 4.98 Å². The van der Waals surface area contributed by atoms with E-state index in [1.807, 2.05) is 0 Å². The molecule has 0 saturated carbocycles. The maximum Gasteiger partial charge on any atom is 0.417 e. The molecular formula is C13H9F4NO. The zero-order valence-corrected chi connectivity index (χ0v) is 9.58.